The summed E-state index contributed by atoms with van der Waals surface area (Å²) in [5.74, 6) is 0. The van der Waals surface area contributed by atoms with E-state index in [1.165, 1.54) is 44.9 Å². The van der Waals surface area contributed by atoms with Crippen molar-refractivity contribution in [1.82, 2.24) is 0 Å². The predicted molar refractivity (Wildman–Crippen MR) is 66.5 cm³/mol. The van der Waals surface area contributed by atoms with Crippen LogP contribution in [0.15, 0.2) is 12.1 Å². The lowest BCUT2D eigenvalue weighted by Gasteiger charge is -2.11. The average molecular weight is 202 g/mol. The van der Waals surface area contributed by atoms with Gasteiger partial charge in [-0.25, -0.2) is 0 Å². The Hall–Kier alpha value is -0.780. The summed E-state index contributed by atoms with van der Waals surface area (Å²) >= 11 is 0. The quantitative estimate of drug-likeness (QED) is 0.690. The van der Waals surface area contributed by atoms with E-state index >= 15 is 0 Å². The Bertz CT molecular complexity index is 303. The molecule has 0 amide bonds. The van der Waals surface area contributed by atoms with E-state index < -0.39 is 0 Å². The highest BCUT2D eigenvalue weighted by atomic mass is 14.2. The molecule has 2 rings (SSSR count). The van der Waals surface area contributed by atoms with Gasteiger partial charge in [0.1, 0.15) is 0 Å². The molecule has 1 aromatic rings. The molecule has 0 saturated heterocycles. The minimum atomic E-state index is 1.27. The topological polar surface area (TPSA) is 0 Å². The smallest absolute Gasteiger partial charge is 0.0273 e. The van der Waals surface area contributed by atoms with Crippen molar-refractivity contribution in [3.05, 3.63) is 34.4 Å². The highest BCUT2D eigenvalue weighted by molar-refractivity contribution is 5.41. The molecule has 1 aliphatic carbocycles. The molecule has 1 aromatic carbocycles. The van der Waals surface area contributed by atoms with Crippen LogP contribution in [0.3, 0.4) is 0 Å². The van der Waals surface area contributed by atoms with Crippen molar-refractivity contribution in [3.8, 4) is 0 Å². The number of benzene rings is 1. The molecule has 0 bridgehead atoms. The first-order valence-electron chi connectivity index (χ1n) is 6.48. The van der Waals surface area contributed by atoms with Crippen LogP contribution >= 0.6 is 0 Å². The number of fused-ring (bicyclic) bond motifs is 1. The van der Waals surface area contributed by atoms with Crippen LogP contribution < -0.4 is 0 Å². The Morgan fingerprint density at radius 1 is 0.867 bits per heavy atom. The van der Waals surface area contributed by atoms with Crippen molar-refractivity contribution in [2.24, 2.45) is 0 Å². The zero-order valence-corrected chi connectivity index (χ0v) is 10.1. The van der Waals surface area contributed by atoms with Gasteiger partial charge in [0.2, 0.25) is 0 Å². The SMILES string of the molecule is CCCc1cc2c(cc1CCC)CCC2. The Morgan fingerprint density at radius 3 is 1.73 bits per heavy atom. The Balaban J connectivity index is 2.33. The van der Waals surface area contributed by atoms with Gasteiger partial charge >= 0.3 is 0 Å². The maximum Gasteiger partial charge on any atom is -0.0273 e. The lowest BCUT2D eigenvalue weighted by Crippen LogP contribution is -1.97. The summed E-state index contributed by atoms with van der Waals surface area (Å²) in [6.45, 7) is 4.56. The number of aryl methyl sites for hydroxylation is 4. The molecular weight excluding hydrogens is 180 g/mol. The van der Waals surface area contributed by atoms with Gasteiger partial charge in [-0.05, 0) is 54.4 Å². The van der Waals surface area contributed by atoms with E-state index in [2.05, 4.69) is 26.0 Å². The summed E-state index contributed by atoms with van der Waals surface area (Å²) in [7, 11) is 0. The standard InChI is InChI=1S/C15H22/c1-3-6-12-10-14-8-5-9-15(14)11-13(12)7-4-2/h10-11H,3-9H2,1-2H3. The van der Waals surface area contributed by atoms with Gasteiger partial charge < -0.3 is 0 Å². The van der Waals surface area contributed by atoms with Gasteiger partial charge in [-0.2, -0.15) is 0 Å². The summed E-state index contributed by atoms with van der Waals surface area (Å²) in [5.41, 5.74) is 6.52. The minimum Gasteiger partial charge on any atom is -0.0651 e. The summed E-state index contributed by atoms with van der Waals surface area (Å²) in [5, 5.41) is 0. The van der Waals surface area contributed by atoms with E-state index in [1.807, 2.05) is 0 Å². The van der Waals surface area contributed by atoms with Gasteiger partial charge in [-0.1, -0.05) is 38.8 Å². The normalized spacial score (nSPS) is 14.3. The van der Waals surface area contributed by atoms with E-state index in [1.54, 1.807) is 22.3 Å². The molecule has 15 heavy (non-hydrogen) atoms. The maximum atomic E-state index is 2.50. The maximum absolute atomic E-state index is 2.50. The van der Waals surface area contributed by atoms with Crippen molar-refractivity contribution in [2.75, 3.05) is 0 Å². The molecule has 0 fully saturated rings. The van der Waals surface area contributed by atoms with Crippen molar-refractivity contribution in [1.29, 1.82) is 0 Å². The summed E-state index contributed by atoms with van der Waals surface area (Å²) < 4.78 is 0. The van der Waals surface area contributed by atoms with Gasteiger partial charge in [0.25, 0.3) is 0 Å². The number of hydrogen-bond donors (Lipinski definition) is 0. The lowest BCUT2D eigenvalue weighted by molar-refractivity contribution is 0.857. The second kappa shape index (κ2) is 4.83. The molecular formula is C15H22. The van der Waals surface area contributed by atoms with Crippen molar-refractivity contribution in [2.45, 2.75) is 58.8 Å². The van der Waals surface area contributed by atoms with Crippen LogP contribution in [-0.4, -0.2) is 0 Å². The van der Waals surface area contributed by atoms with E-state index in [0.29, 0.717) is 0 Å². The third kappa shape index (κ3) is 2.25. The first kappa shape index (κ1) is 10.7. The van der Waals surface area contributed by atoms with Crippen molar-refractivity contribution in [3.63, 3.8) is 0 Å². The van der Waals surface area contributed by atoms with Gasteiger partial charge in [-0.3, -0.25) is 0 Å². The molecule has 0 atom stereocenters. The van der Waals surface area contributed by atoms with Crippen LogP contribution in [0.5, 0.6) is 0 Å². The predicted octanol–water partition coefficient (Wildman–Crippen LogP) is 4.08. The van der Waals surface area contributed by atoms with Gasteiger partial charge in [0, 0.05) is 0 Å². The van der Waals surface area contributed by atoms with E-state index in [9.17, 15) is 0 Å². The van der Waals surface area contributed by atoms with Crippen LogP contribution in [0, 0.1) is 0 Å². The van der Waals surface area contributed by atoms with E-state index in [4.69, 9.17) is 0 Å². The molecule has 1 aliphatic rings. The Morgan fingerprint density at radius 2 is 1.33 bits per heavy atom. The van der Waals surface area contributed by atoms with Crippen molar-refractivity contribution < 1.29 is 0 Å². The second-order valence-electron chi connectivity index (χ2n) is 4.74. The zero-order chi connectivity index (χ0) is 10.7. The average Bonchev–Trinajstić information content (AvgIpc) is 2.66. The van der Waals surface area contributed by atoms with Crippen LogP contribution in [0.1, 0.15) is 55.4 Å². The lowest BCUT2D eigenvalue weighted by atomic mass is 9.94. The second-order valence-corrected chi connectivity index (χ2v) is 4.74. The Labute approximate surface area is 93.7 Å². The summed E-state index contributed by atoms with van der Waals surface area (Å²) in [6.07, 6.45) is 9.09. The van der Waals surface area contributed by atoms with Gasteiger partial charge in [0.05, 0.1) is 0 Å². The van der Waals surface area contributed by atoms with Gasteiger partial charge in [-0.15, -0.1) is 0 Å². The molecule has 0 aliphatic heterocycles. The molecule has 0 aromatic heterocycles. The molecule has 0 heteroatoms. The zero-order valence-electron chi connectivity index (χ0n) is 10.1. The number of hydrogen-bond acceptors (Lipinski definition) is 0. The fraction of sp³-hybridized carbons (Fsp3) is 0.600. The van der Waals surface area contributed by atoms with E-state index in [0.717, 1.165) is 0 Å². The third-order valence-electron chi connectivity index (χ3n) is 3.45. The van der Waals surface area contributed by atoms with Gasteiger partial charge in [0.15, 0.2) is 0 Å². The first-order valence-corrected chi connectivity index (χ1v) is 6.48. The molecule has 82 valence electrons. The van der Waals surface area contributed by atoms with Crippen LogP contribution in [0.4, 0.5) is 0 Å². The fourth-order valence-corrected chi connectivity index (χ4v) is 2.73. The molecule has 0 spiro atoms. The molecule has 0 unspecified atom stereocenters. The van der Waals surface area contributed by atoms with Crippen LogP contribution in [-0.2, 0) is 25.7 Å². The highest BCUT2D eigenvalue weighted by Crippen LogP contribution is 2.27. The molecule has 0 nitrogen and oxygen atoms in total. The third-order valence-corrected chi connectivity index (χ3v) is 3.45. The summed E-state index contributed by atoms with van der Waals surface area (Å²) in [4.78, 5) is 0. The minimum absolute atomic E-state index is 1.27. The highest BCUT2D eigenvalue weighted by Gasteiger charge is 2.13. The summed E-state index contributed by atoms with van der Waals surface area (Å²) in [6, 6.07) is 4.99. The largest absolute Gasteiger partial charge is 0.0651 e. The van der Waals surface area contributed by atoms with E-state index in [-0.39, 0.29) is 0 Å². The number of rotatable bonds is 4. The van der Waals surface area contributed by atoms with Crippen LogP contribution in [0.2, 0.25) is 0 Å². The Kier molecular flexibility index (Phi) is 3.45. The molecule has 0 saturated carbocycles. The molecule has 0 N–H and O–H groups in total. The monoisotopic (exact) mass is 202 g/mol. The molecule has 0 heterocycles. The van der Waals surface area contributed by atoms with Crippen molar-refractivity contribution >= 4 is 0 Å². The molecule has 0 radical (unpaired) electrons. The fourth-order valence-electron chi connectivity index (χ4n) is 2.73. The first-order chi connectivity index (χ1) is 7.35. The van der Waals surface area contributed by atoms with Crippen LogP contribution in [0.25, 0.3) is 0 Å².